The zero-order valence-electron chi connectivity index (χ0n) is 15.1. The highest BCUT2D eigenvalue weighted by molar-refractivity contribution is 7.33. The number of unbranched alkanes of at least 4 members (excludes halogenated alkanes) is 10. The highest BCUT2D eigenvalue weighted by Crippen LogP contribution is 2.23. The van der Waals surface area contributed by atoms with Crippen molar-refractivity contribution in [1.29, 1.82) is 0 Å². The van der Waals surface area contributed by atoms with E-state index >= 15 is 0 Å². The van der Waals surface area contributed by atoms with Gasteiger partial charge in [-0.15, -0.1) is 0 Å². The van der Waals surface area contributed by atoms with Crippen LogP contribution in [0.1, 0.15) is 97.3 Å². The summed E-state index contributed by atoms with van der Waals surface area (Å²) in [6, 6.07) is 0. The number of hydrogen-bond donors (Lipinski definition) is 0. The molecule has 23 heavy (non-hydrogen) atoms. The molecule has 0 spiro atoms. The van der Waals surface area contributed by atoms with Gasteiger partial charge in [-0.3, -0.25) is 4.79 Å². The second kappa shape index (κ2) is 16.2. The molecule has 0 saturated carbocycles. The van der Waals surface area contributed by atoms with E-state index in [0.29, 0.717) is 13.0 Å². The number of ether oxygens (including phenoxy) is 1. The standard InChI is InChI=1S/C18H35O4P/c1-3-5-7-9-10-11-12-14-16-22-18(19)17(23(20)21)15-13-8-6-4-2/h17H,3-16H2,1-2H3. The van der Waals surface area contributed by atoms with Crippen molar-refractivity contribution >= 4 is 13.6 Å². The molecule has 0 radical (unpaired) electrons. The largest absolute Gasteiger partial charge is 0.465 e. The van der Waals surface area contributed by atoms with E-state index in [2.05, 4.69) is 13.8 Å². The first-order chi connectivity index (χ1) is 11.1. The van der Waals surface area contributed by atoms with Crippen LogP contribution in [0.4, 0.5) is 0 Å². The Balaban J connectivity index is 3.70. The monoisotopic (exact) mass is 346 g/mol. The van der Waals surface area contributed by atoms with Crippen molar-refractivity contribution in [2.45, 2.75) is 103 Å². The average molecular weight is 346 g/mol. The molecule has 0 aliphatic heterocycles. The predicted octanol–water partition coefficient (Wildman–Crippen LogP) is 6.18. The minimum atomic E-state index is -2.73. The number of rotatable bonds is 16. The summed E-state index contributed by atoms with van der Waals surface area (Å²) in [4.78, 5) is 11.8. The van der Waals surface area contributed by atoms with E-state index in [0.717, 1.165) is 44.9 Å². The van der Waals surface area contributed by atoms with Gasteiger partial charge in [-0.05, 0) is 12.8 Å². The van der Waals surface area contributed by atoms with Crippen LogP contribution in [-0.2, 0) is 18.7 Å². The van der Waals surface area contributed by atoms with Gasteiger partial charge >= 0.3 is 13.6 Å². The molecule has 0 N–H and O–H groups in total. The van der Waals surface area contributed by atoms with Crippen LogP contribution in [0.3, 0.4) is 0 Å². The quantitative estimate of drug-likeness (QED) is 0.190. The molecule has 0 aromatic heterocycles. The van der Waals surface area contributed by atoms with Gasteiger partial charge < -0.3 is 4.74 Å². The number of carbonyl (C=O) groups excluding carboxylic acids is 1. The van der Waals surface area contributed by atoms with Gasteiger partial charge in [-0.2, -0.15) is 0 Å². The Bertz CT molecular complexity index is 345. The summed E-state index contributed by atoms with van der Waals surface area (Å²) < 4.78 is 27.5. The lowest BCUT2D eigenvalue weighted by atomic mass is 10.1. The van der Waals surface area contributed by atoms with Crippen molar-refractivity contribution in [2.75, 3.05) is 6.61 Å². The van der Waals surface area contributed by atoms with Crippen LogP contribution in [0.5, 0.6) is 0 Å². The summed E-state index contributed by atoms with van der Waals surface area (Å²) >= 11 is 0. The third kappa shape index (κ3) is 13.5. The summed E-state index contributed by atoms with van der Waals surface area (Å²) in [5, 5.41) is 0. The summed E-state index contributed by atoms with van der Waals surface area (Å²) in [6.45, 7) is 4.66. The van der Waals surface area contributed by atoms with E-state index in [1.165, 1.54) is 32.1 Å². The number of carbonyl (C=O) groups is 1. The van der Waals surface area contributed by atoms with Gasteiger partial charge in [0, 0.05) is 0 Å². The fraction of sp³-hybridized carbons (Fsp3) is 0.944. The molecule has 1 unspecified atom stereocenters. The molecule has 5 heteroatoms. The summed E-state index contributed by atoms with van der Waals surface area (Å²) in [5.41, 5.74) is -0.948. The van der Waals surface area contributed by atoms with Crippen molar-refractivity contribution < 1.29 is 18.7 Å². The lowest BCUT2D eigenvalue weighted by molar-refractivity contribution is -0.143. The fourth-order valence-corrected chi connectivity index (χ4v) is 3.22. The van der Waals surface area contributed by atoms with Crippen LogP contribution in [0.15, 0.2) is 0 Å². The van der Waals surface area contributed by atoms with Crippen molar-refractivity contribution in [3.05, 3.63) is 0 Å². The van der Waals surface area contributed by atoms with Crippen LogP contribution in [0, 0.1) is 0 Å². The summed E-state index contributed by atoms with van der Waals surface area (Å²) in [6.07, 6.45) is 13.8. The van der Waals surface area contributed by atoms with Gasteiger partial charge in [-0.1, -0.05) is 84.5 Å². The maximum Gasteiger partial charge on any atom is 0.330 e. The van der Waals surface area contributed by atoms with Gasteiger partial charge in [0.25, 0.3) is 0 Å². The smallest absolute Gasteiger partial charge is 0.330 e. The third-order valence-electron chi connectivity index (χ3n) is 4.10. The van der Waals surface area contributed by atoms with Crippen molar-refractivity contribution in [1.82, 2.24) is 0 Å². The number of hydrogen-bond acceptors (Lipinski definition) is 4. The molecule has 0 saturated heterocycles. The normalized spacial score (nSPS) is 12.1. The summed E-state index contributed by atoms with van der Waals surface area (Å²) in [5.74, 6) is -0.555. The van der Waals surface area contributed by atoms with Crippen molar-refractivity contribution in [2.24, 2.45) is 0 Å². The lowest BCUT2D eigenvalue weighted by Gasteiger charge is -2.09. The van der Waals surface area contributed by atoms with E-state index in [1.807, 2.05) is 0 Å². The van der Waals surface area contributed by atoms with Crippen LogP contribution < -0.4 is 0 Å². The van der Waals surface area contributed by atoms with Crippen LogP contribution >= 0.6 is 7.68 Å². The topological polar surface area (TPSA) is 60.4 Å². The molecule has 0 aliphatic carbocycles. The second-order valence-corrected chi connectivity index (χ2v) is 7.49. The Labute approximate surface area is 142 Å². The molecule has 0 bridgehead atoms. The Morgan fingerprint density at radius 1 is 0.783 bits per heavy atom. The Morgan fingerprint density at radius 2 is 1.26 bits per heavy atom. The SMILES string of the molecule is CCCCCCCCCCOC(=O)C(CCCCCC)P(=O)=O. The first-order valence-electron chi connectivity index (χ1n) is 9.43. The predicted molar refractivity (Wildman–Crippen MR) is 94.4 cm³/mol. The van der Waals surface area contributed by atoms with Crippen LogP contribution in [0.2, 0.25) is 0 Å². The zero-order valence-corrected chi connectivity index (χ0v) is 16.0. The maximum absolute atomic E-state index is 11.8. The highest BCUT2D eigenvalue weighted by Gasteiger charge is 2.25. The summed E-state index contributed by atoms with van der Waals surface area (Å²) in [7, 11) is -2.73. The lowest BCUT2D eigenvalue weighted by Crippen LogP contribution is -2.19. The molecule has 0 heterocycles. The molecule has 0 fully saturated rings. The molecule has 0 rings (SSSR count). The van der Waals surface area contributed by atoms with Gasteiger partial charge in [-0.25, -0.2) is 9.13 Å². The van der Waals surface area contributed by atoms with Crippen molar-refractivity contribution in [3.63, 3.8) is 0 Å². The third-order valence-corrected chi connectivity index (χ3v) is 5.08. The Kier molecular flexibility index (Phi) is 15.8. The van der Waals surface area contributed by atoms with E-state index in [-0.39, 0.29) is 0 Å². The maximum atomic E-state index is 11.8. The van der Waals surface area contributed by atoms with Gasteiger partial charge in [0.05, 0.1) is 6.61 Å². The van der Waals surface area contributed by atoms with Gasteiger partial charge in [0.15, 0.2) is 5.66 Å². The fourth-order valence-electron chi connectivity index (χ4n) is 2.58. The molecule has 0 aromatic carbocycles. The molecule has 0 aromatic rings. The van der Waals surface area contributed by atoms with Gasteiger partial charge in [0.2, 0.25) is 0 Å². The Hall–Kier alpha value is -0.630. The minimum absolute atomic E-state index is 0.350. The van der Waals surface area contributed by atoms with E-state index < -0.39 is 19.3 Å². The molecular formula is C18H35O4P. The molecule has 0 amide bonds. The average Bonchev–Trinajstić information content (AvgIpc) is 2.52. The number of esters is 1. The Morgan fingerprint density at radius 3 is 1.78 bits per heavy atom. The van der Waals surface area contributed by atoms with Crippen LogP contribution in [0.25, 0.3) is 0 Å². The minimum Gasteiger partial charge on any atom is -0.465 e. The first-order valence-corrected chi connectivity index (χ1v) is 10.7. The molecule has 0 aliphatic rings. The molecule has 1 atom stereocenters. The van der Waals surface area contributed by atoms with Crippen LogP contribution in [-0.4, -0.2) is 18.2 Å². The second-order valence-electron chi connectivity index (χ2n) is 6.29. The highest BCUT2D eigenvalue weighted by atomic mass is 31.1. The molecule has 4 nitrogen and oxygen atoms in total. The van der Waals surface area contributed by atoms with Crippen molar-refractivity contribution in [3.8, 4) is 0 Å². The van der Waals surface area contributed by atoms with E-state index in [9.17, 15) is 13.9 Å². The zero-order chi connectivity index (χ0) is 17.3. The molecule has 136 valence electrons. The van der Waals surface area contributed by atoms with Gasteiger partial charge in [0.1, 0.15) is 0 Å². The van der Waals surface area contributed by atoms with E-state index in [4.69, 9.17) is 4.74 Å². The first kappa shape index (κ1) is 22.4. The van der Waals surface area contributed by atoms with E-state index in [1.54, 1.807) is 0 Å². The molecular weight excluding hydrogens is 311 g/mol.